The first-order valence-corrected chi connectivity index (χ1v) is 21.5. The standard InChI is InChI=1S/C58H41N3O4/c1-64-57(62)42-22-28-45(29-23-42)60-53-14-8-6-12-49(53)51-36-47(32-34-55(51)60)59(44-26-20-41(21-27-44)40-18-16-39(17-19-40)38-10-4-3-5-11-38)48-33-35-56-52(37-48)50-13-7-9-15-54(50)61(56)46-30-24-43(25-31-46)58(63)65-2/h3-37H,1-2H3. The Morgan fingerprint density at radius 3 is 1.14 bits per heavy atom. The van der Waals surface area contributed by atoms with Gasteiger partial charge in [-0.2, -0.15) is 0 Å². The first-order chi connectivity index (χ1) is 32.0. The molecule has 7 nitrogen and oxygen atoms in total. The molecule has 0 atom stereocenters. The molecule has 0 bridgehead atoms. The molecule has 312 valence electrons. The predicted octanol–water partition coefficient (Wildman–Crippen LogP) is 14.3. The first kappa shape index (κ1) is 39.2. The van der Waals surface area contributed by atoms with E-state index in [-0.39, 0.29) is 11.9 Å². The number of nitrogens with zero attached hydrogens (tertiary/aromatic N) is 3. The van der Waals surface area contributed by atoms with Crippen LogP contribution in [0.1, 0.15) is 20.7 Å². The second kappa shape index (κ2) is 16.2. The minimum Gasteiger partial charge on any atom is -0.465 e. The summed E-state index contributed by atoms with van der Waals surface area (Å²) in [5.74, 6) is -0.732. The topological polar surface area (TPSA) is 65.7 Å². The summed E-state index contributed by atoms with van der Waals surface area (Å²) < 4.78 is 14.5. The number of hydrogen-bond acceptors (Lipinski definition) is 5. The number of carbonyl (C=O) groups excluding carboxylic acids is 2. The van der Waals surface area contributed by atoms with Crippen molar-refractivity contribution in [2.45, 2.75) is 0 Å². The summed E-state index contributed by atoms with van der Waals surface area (Å²) in [6, 6.07) is 73.3. The molecule has 2 heterocycles. The van der Waals surface area contributed by atoms with Crippen LogP contribution in [0.4, 0.5) is 17.1 Å². The van der Waals surface area contributed by atoms with Crippen LogP contribution in [0, 0.1) is 0 Å². The highest BCUT2D eigenvalue weighted by Gasteiger charge is 2.21. The highest BCUT2D eigenvalue weighted by Crippen LogP contribution is 2.43. The SMILES string of the molecule is COC(=O)c1ccc(-n2c3ccccc3c3cc(N(c4ccc(-c5ccc(-c6ccccc6)cc5)cc4)c4ccc5c(c4)c4ccccc4n5-c4ccc(C(=O)OC)cc4)ccc32)cc1. The van der Waals surface area contributed by atoms with Crippen molar-refractivity contribution < 1.29 is 19.1 Å². The summed E-state index contributed by atoms with van der Waals surface area (Å²) in [5, 5.41) is 4.44. The summed E-state index contributed by atoms with van der Waals surface area (Å²) in [5.41, 5.74) is 14.8. The van der Waals surface area contributed by atoms with Crippen LogP contribution in [0.15, 0.2) is 212 Å². The summed E-state index contributed by atoms with van der Waals surface area (Å²) in [4.78, 5) is 27.0. The zero-order valence-corrected chi connectivity index (χ0v) is 35.7. The molecule has 7 heteroatoms. The molecule has 0 saturated carbocycles. The molecular weight excluding hydrogens is 803 g/mol. The summed E-state index contributed by atoms with van der Waals surface area (Å²) in [7, 11) is 2.79. The summed E-state index contributed by atoms with van der Waals surface area (Å²) >= 11 is 0. The van der Waals surface area contributed by atoms with E-state index in [1.165, 1.54) is 25.3 Å². The number of methoxy groups -OCH3 is 2. The summed E-state index contributed by atoms with van der Waals surface area (Å²) in [6.45, 7) is 0. The van der Waals surface area contributed by atoms with Gasteiger partial charge in [-0.25, -0.2) is 9.59 Å². The number of fused-ring (bicyclic) bond motifs is 6. The Labute approximate surface area is 375 Å². The van der Waals surface area contributed by atoms with Gasteiger partial charge in [0, 0.05) is 50.0 Å². The second-order valence-electron chi connectivity index (χ2n) is 16.0. The third-order valence-electron chi connectivity index (χ3n) is 12.4. The lowest BCUT2D eigenvalue weighted by atomic mass is 10.00. The third kappa shape index (κ3) is 6.87. The molecule has 11 rings (SSSR count). The minimum atomic E-state index is -0.366. The molecule has 0 aliphatic carbocycles. The first-order valence-electron chi connectivity index (χ1n) is 21.5. The summed E-state index contributed by atoms with van der Waals surface area (Å²) in [6.07, 6.45) is 0. The van der Waals surface area contributed by atoms with E-state index in [1.54, 1.807) is 0 Å². The van der Waals surface area contributed by atoms with E-state index in [0.717, 1.165) is 83.2 Å². The number of aromatic nitrogens is 2. The number of carbonyl (C=O) groups is 2. The zero-order chi connectivity index (χ0) is 44.0. The van der Waals surface area contributed by atoms with Crippen molar-refractivity contribution in [2.75, 3.05) is 19.1 Å². The number of ether oxygens (including phenoxy) is 2. The molecule has 0 aliphatic rings. The molecule has 0 aliphatic heterocycles. The number of rotatable bonds is 9. The molecule has 0 spiro atoms. The van der Waals surface area contributed by atoms with E-state index in [2.05, 4.69) is 172 Å². The number of benzene rings is 9. The maximum Gasteiger partial charge on any atom is 0.337 e. The van der Waals surface area contributed by atoms with Crippen molar-refractivity contribution in [2.24, 2.45) is 0 Å². The lowest BCUT2D eigenvalue weighted by Crippen LogP contribution is -2.10. The highest BCUT2D eigenvalue weighted by molar-refractivity contribution is 6.12. The lowest BCUT2D eigenvalue weighted by molar-refractivity contribution is 0.0592. The quantitative estimate of drug-likeness (QED) is 0.135. The van der Waals surface area contributed by atoms with Crippen molar-refractivity contribution in [3.05, 3.63) is 223 Å². The van der Waals surface area contributed by atoms with Gasteiger partial charge in [0.2, 0.25) is 0 Å². The van der Waals surface area contributed by atoms with Gasteiger partial charge in [0.05, 0.1) is 47.4 Å². The molecule has 0 amide bonds. The molecule has 2 aromatic heterocycles. The van der Waals surface area contributed by atoms with E-state index in [1.807, 2.05) is 54.6 Å². The van der Waals surface area contributed by atoms with E-state index < -0.39 is 0 Å². The maximum atomic E-state index is 12.3. The van der Waals surface area contributed by atoms with Crippen molar-refractivity contribution >= 4 is 72.6 Å². The van der Waals surface area contributed by atoms with Crippen molar-refractivity contribution in [1.29, 1.82) is 0 Å². The fourth-order valence-electron chi connectivity index (χ4n) is 9.22. The van der Waals surface area contributed by atoms with Crippen LogP contribution in [0.5, 0.6) is 0 Å². The fourth-order valence-corrected chi connectivity index (χ4v) is 9.22. The highest BCUT2D eigenvalue weighted by atomic mass is 16.5. The van der Waals surface area contributed by atoms with Crippen molar-refractivity contribution in [1.82, 2.24) is 9.13 Å². The minimum absolute atomic E-state index is 0.366. The number of para-hydroxylation sites is 2. The Hall–Kier alpha value is -8.68. The molecule has 9 aromatic carbocycles. The van der Waals surface area contributed by atoms with E-state index >= 15 is 0 Å². The van der Waals surface area contributed by atoms with E-state index in [0.29, 0.717) is 11.1 Å². The van der Waals surface area contributed by atoms with Gasteiger partial charge in [0.1, 0.15) is 0 Å². The second-order valence-corrected chi connectivity index (χ2v) is 16.0. The van der Waals surface area contributed by atoms with Gasteiger partial charge in [0.25, 0.3) is 0 Å². The average Bonchev–Trinajstić information content (AvgIpc) is 3.89. The Morgan fingerprint density at radius 1 is 0.354 bits per heavy atom. The molecule has 0 unspecified atom stereocenters. The molecule has 0 N–H and O–H groups in total. The van der Waals surface area contributed by atoms with Crippen LogP contribution in [-0.2, 0) is 9.47 Å². The van der Waals surface area contributed by atoms with Gasteiger partial charge in [0.15, 0.2) is 0 Å². The fraction of sp³-hybridized carbons (Fsp3) is 0.0345. The monoisotopic (exact) mass is 843 g/mol. The maximum absolute atomic E-state index is 12.3. The molecule has 65 heavy (non-hydrogen) atoms. The van der Waals surface area contributed by atoms with Crippen LogP contribution >= 0.6 is 0 Å². The van der Waals surface area contributed by atoms with Crippen LogP contribution in [-0.4, -0.2) is 35.3 Å². The molecule has 11 aromatic rings. The Morgan fingerprint density at radius 2 is 0.708 bits per heavy atom. The van der Waals surface area contributed by atoms with Crippen LogP contribution in [0.3, 0.4) is 0 Å². The normalized spacial score (nSPS) is 11.4. The average molecular weight is 844 g/mol. The van der Waals surface area contributed by atoms with Gasteiger partial charge >= 0.3 is 11.9 Å². The smallest absolute Gasteiger partial charge is 0.337 e. The predicted molar refractivity (Wildman–Crippen MR) is 263 cm³/mol. The van der Waals surface area contributed by atoms with E-state index in [4.69, 9.17) is 9.47 Å². The number of hydrogen-bond donors (Lipinski definition) is 0. The Kier molecular flexibility index (Phi) is 9.78. The molecule has 0 saturated heterocycles. The van der Waals surface area contributed by atoms with Gasteiger partial charge in [-0.1, -0.05) is 103 Å². The van der Waals surface area contributed by atoms with Gasteiger partial charge in [-0.05, 0) is 131 Å². The van der Waals surface area contributed by atoms with Crippen molar-refractivity contribution in [3.8, 4) is 33.6 Å². The molecule has 0 radical (unpaired) electrons. The third-order valence-corrected chi connectivity index (χ3v) is 12.4. The number of esters is 2. The van der Waals surface area contributed by atoms with Crippen molar-refractivity contribution in [3.63, 3.8) is 0 Å². The van der Waals surface area contributed by atoms with Crippen LogP contribution < -0.4 is 4.90 Å². The van der Waals surface area contributed by atoms with Crippen LogP contribution in [0.25, 0.3) is 77.2 Å². The zero-order valence-electron chi connectivity index (χ0n) is 35.7. The van der Waals surface area contributed by atoms with Gasteiger partial charge in [-0.15, -0.1) is 0 Å². The largest absolute Gasteiger partial charge is 0.465 e. The molecular formula is C58H41N3O4. The number of anilines is 3. The van der Waals surface area contributed by atoms with E-state index in [9.17, 15) is 9.59 Å². The van der Waals surface area contributed by atoms with Gasteiger partial charge < -0.3 is 23.5 Å². The van der Waals surface area contributed by atoms with Crippen LogP contribution in [0.2, 0.25) is 0 Å². The lowest BCUT2D eigenvalue weighted by Gasteiger charge is -2.26. The Balaban J connectivity index is 1.06. The Bertz CT molecular complexity index is 3390. The van der Waals surface area contributed by atoms with Gasteiger partial charge in [-0.3, -0.25) is 0 Å². The molecule has 0 fully saturated rings.